The van der Waals surface area contributed by atoms with Crippen LogP contribution in [0.25, 0.3) is 0 Å². The van der Waals surface area contributed by atoms with Gasteiger partial charge in [-0.3, -0.25) is 14.9 Å². The fraction of sp³-hybridized carbons (Fsp3) is 0.385. The van der Waals surface area contributed by atoms with Gasteiger partial charge in [-0.1, -0.05) is 20.8 Å². The van der Waals surface area contributed by atoms with Gasteiger partial charge in [0, 0.05) is 11.5 Å². The smallest absolute Gasteiger partial charge is 0.335 e. The van der Waals surface area contributed by atoms with E-state index >= 15 is 0 Å². The van der Waals surface area contributed by atoms with E-state index in [0.29, 0.717) is 6.42 Å². The molecule has 0 heterocycles. The van der Waals surface area contributed by atoms with E-state index in [0.717, 1.165) is 6.07 Å². The van der Waals surface area contributed by atoms with Gasteiger partial charge in [-0.05, 0) is 18.6 Å². The lowest BCUT2D eigenvalue weighted by atomic mass is 9.89. The van der Waals surface area contributed by atoms with Gasteiger partial charge in [-0.25, -0.2) is 4.79 Å². The Bertz CT molecular complexity index is 566. The van der Waals surface area contributed by atoms with E-state index in [4.69, 9.17) is 5.11 Å². The predicted octanol–water partition coefficient (Wildman–Crippen LogP) is 2.67. The highest BCUT2D eigenvalue weighted by atomic mass is 16.6. The minimum absolute atomic E-state index is 0.00785. The summed E-state index contributed by atoms with van der Waals surface area (Å²) in [5.41, 5.74) is -1.32. The Labute approximate surface area is 115 Å². The number of carbonyl (C=O) groups is 2. The van der Waals surface area contributed by atoms with Crippen LogP contribution in [0.4, 0.5) is 11.4 Å². The second-order valence-electron chi connectivity index (χ2n) is 4.99. The molecule has 1 aromatic carbocycles. The molecule has 0 aromatic heterocycles. The number of aromatic carboxylic acids is 1. The zero-order valence-corrected chi connectivity index (χ0v) is 11.5. The van der Waals surface area contributed by atoms with E-state index in [-0.39, 0.29) is 17.2 Å². The number of benzene rings is 1. The lowest BCUT2D eigenvalue weighted by Gasteiger charge is -2.21. The van der Waals surface area contributed by atoms with Crippen LogP contribution >= 0.6 is 0 Å². The summed E-state index contributed by atoms with van der Waals surface area (Å²) in [6.07, 6.45) is 0.569. The first kappa shape index (κ1) is 15.6. The van der Waals surface area contributed by atoms with Crippen LogP contribution in [0.15, 0.2) is 18.2 Å². The molecule has 1 aromatic rings. The number of nitrogens with zero attached hydrogens (tertiary/aromatic N) is 1. The molecule has 7 nitrogen and oxygen atoms in total. The molecule has 0 radical (unpaired) electrons. The fourth-order valence-electron chi connectivity index (χ4n) is 1.37. The Morgan fingerprint density at radius 2 is 2.00 bits per heavy atom. The summed E-state index contributed by atoms with van der Waals surface area (Å²) in [4.78, 5) is 33.1. The van der Waals surface area contributed by atoms with Crippen LogP contribution in [0, 0.1) is 15.5 Å². The summed E-state index contributed by atoms with van der Waals surface area (Å²) in [5.74, 6) is -1.62. The number of nitrogens with one attached hydrogen (secondary N) is 1. The van der Waals surface area contributed by atoms with Gasteiger partial charge < -0.3 is 10.4 Å². The molecule has 7 heteroatoms. The Hall–Kier alpha value is -2.44. The molecule has 0 bridgehead atoms. The molecule has 0 fully saturated rings. The van der Waals surface area contributed by atoms with E-state index in [9.17, 15) is 19.7 Å². The topological polar surface area (TPSA) is 110 Å². The number of rotatable bonds is 5. The molecule has 0 atom stereocenters. The van der Waals surface area contributed by atoms with Crippen LogP contribution in [-0.4, -0.2) is 21.9 Å². The molecule has 108 valence electrons. The monoisotopic (exact) mass is 280 g/mol. The van der Waals surface area contributed by atoms with E-state index in [1.165, 1.54) is 12.1 Å². The summed E-state index contributed by atoms with van der Waals surface area (Å²) in [6, 6.07) is 3.37. The molecular formula is C13H16N2O5. The molecule has 1 amide bonds. The van der Waals surface area contributed by atoms with E-state index < -0.39 is 22.0 Å². The molecule has 1 rings (SSSR count). The van der Waals surface area contributed by atoms with Crippen LogP contribution in [0.1, 0.15) is 37.6 Å². The number of carboxylic acid groups (broad SMARTS) is 1. The van der Waals surface area contributed by atoms with Gasteiger partial charge in [0.25, 0.3) is 5.69 Å². The first-order valence-electron chi connectivity index (χ1n) is 6.02. The number of amides is 1. The summed E-state index contributed by atoms with van der Waals surface area (Å²) < 4.78 is 0. The van der Waals surface area contributed by atoms with Crippen LogP contribution < -0.4 is 5.32 Å². The maximum Gasteiger partial charge on any atom is 0.335 e. The second-order valence-corrected chi connectivity index (χ2v) is 4.99. The first-order chi connectivity index (χ1) is 9.19. The van der Waals surface area contributed by atoms with Gasteiger partial charge in [-0.2, -0.15) is 0 Å². The van der Waals surface area contributed by atoms with Crippen LogP contribution in [-0.2, 0) is 4.79 Å². The number of carbonyl (C=O) groups excluding carboxylic acids is 1. The number of hydrogen-bond acceptors (Lipinski definition) is 4. The standard InChI is InChI=1S/C13H16N2O5/c1-4-13(2,3)12(18)14-9-6-5-8(11(16)17)7-10(9)15(19)20/h5-7H,4H2,1-3H3,(H,14,18)(H,16,17). The van der Waals surface area contributed by atoms with E-state index in [2.05, 4.69) is 5.32 Å². The van der Waals surface area contributed by atoms with Crippen molar-refractivity contribution < 1.29 is 19.6 Å². The quantitative estimate of drug-likeness (QED) is 0.636. The minimum Gasteiger partial charge on any atom is -0.478 e. The summed E-state index contributed by atoms with van der Waals surface area (Å²) in [7, 11) is 0. The summed E-state index contributed by atoms with van der Waals surface area (Å²) in [6.45, 7) is 5.28. The van der Waals surface area contributed by atoms with Crippen molar-refractivity contribution in [1.29, 1.82) is 0 Å². The minimum atomic E-state index is -1.26. The molecule has 0 aliphatic heterocycles. The number of anilines is 1. The van der Waals surface area contributed by atoms with E-state index in [1.807, 2.05) is 6.92 Å². The van der Waals surface area contributed by atoms with Crippen molar-refractivity contribution in [2.75, 3.05) is 5.32 Å². The number of nitro groups is 1. The Morgan fingerprint density at radius 3 is 2.45 bits per heavy atom. The van der Waals surface area contributed by atoms with Gasteiger partial charge in [0.05, 0.1) is 10.5 Å². The Kier molecular flexibility index (Phi) is 4.44. The van der Waals surface area contributed by atoms with Gasteiger partial charge >= 0.3 is 5.97 Å². The average Bonchev–Trinajstić information content (AvgIpc) is 2.38. The van der Waals surface area contributed by atoms with Crippen molar-refractivity contribution in [3.05, 3.63) is 33.9 Å². The summed E-state index contributed by atoms with van der Waals surface area (Å²) in [5, 5.41) is 22.3. The fourth-order valence-corrected chi connectivity index (χ4v) is 1.37. The molecular weight excluding hydrogens is 264 g/mol. The van der Waals surface area contributed by atoms with Gasteiger partial charge in [-0.15, -0.1) is 0 Å². The molecule has 2 N–H and O–H groups in total. The Balaban J connectivity index is 3.16. The highest BCUT2D eigenvalue weighted by Gasteiger charge is 2.27. The summed E-state index contributed by atoms with van der Waals surface area (Å²) >= 11 is 0. The number of hydrogen-bond donors (Lipinski definition) is 2. The van der Waals surface area contributed by atoms with Crippen molar-refractivity contribution in [2.24, 2.45) is 5.41 Å². The van der Waals surface area contributed by atoms with Crippen LogP contribution in [0.3, 0.4) is 0 Å². The molecule has 0 saturated heterocycles. The molecule has 0 aliphatic rings. The average molecular weight is 280 g/mol. The third kappa shape index (κ3) is 3.31. The molecule has 20 heavy (non-hydrogen) atoms. The van der Waals surface area contributed by atoms with Gasteiger partial charge in [0.15, 0.2) is 0 Å². The van der Waals surface area contributed by atoms with Gasteiger partial charge in [0.2, 0.25) is 5.91 Å². The first-order valence-corrected chi connectivity index (χ1v) is 6.02. The van der Waals surface area contributed by atoms with Crippen molar-refractivity contribution >= 4 is 23.3 Å². The zero-order chi connectivity index (χ0) is 15.5. The third-order valence-electron chi connectivity index (χ3n) is 3.19. The van der Waals surface area contributed by atoms with Crippen molar-refractivity contribution in [3.8, 4) is 0 Å². The van der Waals surface area contributed by atoms with Gasteiger partial charge in [0.1, 0.15) is 5.69 Å². The highest BCUT2D eigenvalue weighted by Crippen LogP contribution is 2.28. The molecule has 0 saturated carbocycles. The van der Waals surface area contributed by atoms with E-state index in [1.54, 1.807) is 13.8 Å². The molecule has 0 spiro atoms. The largest absolute Gasteiger partial charge is 0.478 e. The molecule has 0 unspecified atom stereocenters. The maximum absolute atomic E-state index is 12.0. The Morgan fingerprint density at radius 1 is 1.40 bits per heavy atom. The van der Waals surface area contributed by atoms with Crippen molar-refractivity contribution in [3.63, 3.8) is 0 Å². The molecule has 0 aliphatic carbocycles. The zero-order valence-electron chi connectivity index (χ0n) is 11.5. The lowest BCUT2D eigenvalue weighted by molar-refractivity contribution is -0.384. The number of nitro benzene ring substituents is 1. The lowest BCUT2D eigenvalue weighted by Crippen LogP contribution is -2.30. The van der Waals surface area contributed by atoms with Crippen molar-refractivity contribution in [2.45, 2.75) is 27.2 Å². The van der Waals surface area contributed by atoms with Crippen LogP contribution in [0.2, 0.25) is 0 Å². The normalized spacial score (nSPS) is 10.9. The highest BCUT2D eigenvalue weighted by molar-refractivity contribution is 5.98. The maximum atomic E-state index is 12.0. The second kappa shape index (κ2) is 5.68. The predicted molar refractivity (Wildman–Crippen MR) is 72.8 cm³/mol. The van der Waals surface area contributed by atoms with Crippen molar-refractivity contribution in [1.82, 2.24) is 0 Å². The third-order valence-corrected chi connectivity index (χ3v) is 3.19. The number of carboxylic acids is 1. The van der Waals surface area contributed by atoms with Crippen LogP contribution in [0.5, 0.6) is 0 Å². The SMILES string of the molecule is CCC(C)(C)C(=O)Nc1ccc(C(=O)O)cc1[N+](=O)[O-].